The van der Waals surface area contributed by atoms with Crippen molar-refractivity contribution < 1.29 is 23.1 Å². The number of aromatic nitrogens is 1. The van der Waals surface area contributed by atoms with Gasteiger partial charge in [0.15, 0.2) is 5.13 Å². The van der Waals surface area contributed by atoms with Gasteiger partial charge in [0.25, 0.3) is 5.91 Å². The van der Waals surface area contributed by atoms with Crippen LogP contribution in [0.25, 0.3) is 0 Å². The number of carbonyl (C=O) groups excluding carboxylic acids is 1. The zero-order valence-electron chi connectivity index (χ0n) is 16.6. The first-order chi connectivity index (χ1) is 14.3. The molecule has 1 saturated carbocycles. The van der Waals surface area contributed by atoms with E-state index in [-0.39, 0.29) is 18.0 Å². The van der Waals surface area contributed by atoms with Crippen molar-refractivity contribution in [2.75, 3.05) is 11.9 Å². The maximum Gasteiger partial charge on any atom is 0.416 e. The molecule has 1 aliphatic carbocycles. The van der Waals surface area contributed by atoms with Gasteiger partial charge in [-0.25, -0.2) is 0 Å². The number of benzene rings is 1. The van der Waals surface area contributed by atoms with E-state index in [0.29, 0.717) is 22.5 Å². The van der Waals surface area contributed by atoms with Crippen molar-refractivity contribution in [3.63, 3.8) is 0 Å². The van der Waals surface area contributed by atoms with Crippen LogP contribution in [0.5, 0.6) is 5.88 Å². The van der Waals surface area contributed by atoms with Crippen LogP contribution >= 0.6 is 11.3 Å². The molecule has 0 aliphatic heterocycles. The van der Waals surface area contributed by atoms with Crippen molar-refractivity contribution in [3.8, 4) is 5.88 Å². The quantitative estimate of drug-likeness (QED) is 0.564. The summed E-state index contributed by atoms with van der Waals surface area (Å²) in [6, 6.07) is 4.44. The monoisotopic (exact) mass is 441 g/mol. The molecule has 0 radical (unpaired) electrons. The standard InChI is InChI=1S/C21H26F3N3O2S/c22-21(23,24)15-10-8-14(9-11-15)18(28)25-13-12-17-19(29)27-20(30-17)26-16-6-4-2-1-3-5-7-16/h8-11,16,29H,1-7,12-13H2,(H,25,28)(H,26,27). The average molecular weight is 442 g/mol. The minimum atomic E-state index is -4.43. The Morgan fingerprint density at radius 1 is 1.10 bits per heavy atom. The minimum absolute atomic E-state index is 0.0443. The lowest BCUT2D eigenvalue weighted by Gasteiger charge is -2.20. The molecule has 0 bridgehead atoms. The Labute approximate surface area is 177 Å². The number of aromatic hydroxyl groups is 1. The third kappa shape index (κ3) is 6.35. The predicted octanol–water partition coefficient (Wildman–Crippen LogP) is 5.36. The zero-order valence-corrected chi connectivity index (χ0v) is 17.4. The van der Waals surface area contributed by atoms with E-state index < -0.39 is 17.6 Å². The molecule has 5 nitrogen and oxygen atoms in total. The van der Waals surface area contributed by atoms with Gasteiger partial charge in [0.2, 0.25) is 5.88 Å². The van der Waals surface area contributed by atoms with Crippen LogP contribution in [-0.2, 0) is 12.6 Å². The lowest BCUT2D eigenvalue weighted by Crippen LogP contribution is -2.25. The van der Waals surface area contributed by atoms with Crippen LogP contribution in [0, 0.1) is 0 Å². The third-order valence-corrected chi connectivity index (χ3v) is 6.26. The molecule has 1 heterocycles. The topological polar surface area (TPSA) is 74.2 Å². The number of rotatable bonds is 6. The molecule has 0 atom stereocenters. The fourth-order valence-electron chi connectivity index (χ4n) is 3.55. The highest BCUT2D eigenvalue weighted by molar-refractivity contribution is 7.15. The molecular weight excluding hydrogens is 415 g/mol. The van der Waals surface area contributed by atoms with Crippen molar-refractivity contribution in [2.24, 2.45) is 0 Å². The highest BCUT2D eigenvalue weighted by Crippen LogP contribution is 2.31. The van der Waals surface area contributed by atoms with E-state index in [0.717, 1.165) is 37.1 Å². The molecule has 164 valence electrons. The maximum absolute atomic E-state index is 12.6. The molecule has 1 amide bonds. The summed E-state index contributed by atoms with van der Waals surface area (Å²) in [5.74, 6) is -0.502. The van der Waals surface area contributed by atoms with E-state index in [1.165, 1.54) is 43.4 Å². The molecule has 2 aromatic rings. The second-order valence-corrected chi connectivity index (χ2v) is 8.62. The second-order valence-electron chi connectivity index (χ2n) is 7.53. The van der Waals surface area contributed by atoms with Gasteiger partial charge in [-0.3, -0.25) is 4.79 Å². The largest absolute Gasteiger partial charge is 0.492 e. The SMILES string of the molecule is O=C(NCCc1sc(NC2CCCCCCC2)nc1O)c1ccc(C(F)(F)F)cc1. The summed E-state index contributed by atoms with van der Waals surface area (Å²) in [5, 5.41) is 16.9. The Hall–Kier alpha value is -2.29. The zero-order chi connectivity index (χ0) is 21.6. The fourth-order valence-corrected chi connectivity index (χ4v) is 4.48. The van der Waals surface area contributed by atoms with Gasteiger partial charge in [0.1, 0.15) is 0 Å². The van der Waals surface area contributed by atoms with Crippen molar-refractivity contribution in [2.45, 2.75) is 63.6 Å². The first-order valence-electron chi connectivity index (χ1n) is 10.2. The number of carbonyl (C=O) groups is 1. The maximum atomic E-state index is 12.6. The Morgan fingerprint density at radius 2 is 1.73 bits per heavy atom. The molecule has 3 N–H and O–H groups in total. The number of amides is 1. The van der Waals surface area contributed by atoms with Crippen LogP contribution < -0.4 is 10.6 Å². The van der Waals surface area contributed by atoms with Gasteiger partial charge in [-0.15, -0.1) is 0 Å². The number of alkyl halides is 3. The average Bonchev–Trinajstić information content (AvgIpc) is 3.02. The molecule has 1 aliphatic rings. The molecule has 1 aromatic carbocycles. The Morgan fingerprint density at radius 3 is 2.37 bits per heavy atom. The Balaban J connectivity index is 1.49. The van der Waals surface area contributed by atoms with E-state index >= 15 is 0 Å². The first kappa shape index (κ1) is 22.4. The number of nitrogens with one attached hydrogen (secondary N) is 2. The van der Waals surface area contributed by atoms with Gasteiger partial charge >= 0.3 is 6.18 Å². The summed E-state index contributed by atoms with van der Waals surface area (Å²) in [7, 11) is 0. The molecule has 1 fully saturated rings. The van der Waals surface area contributed by atoms with Crippen molar-refractivity contribution in [1.82, 2.24) is 10.3 Å². The molecule has 0 spiro atoms. The van der Waals surface area contributed by atoms with Gasteiger partial charge in [-0.05, 0) is 37.1 Å². The lowest BCUT2D eigenvalue weighted by atomic mass is 9.97. The smallest absolute Gasteiger partial charge is 0.416 e. The van der Waals surface area contributed by atoms with Gasteiger partial charge in [0.05, 0.1) is 10.4 Å². The van der Waals surface area contributed by atoms with E-state index in [1.807, 2.05) is 0 Å². The van der Waals surface area contributed by atoms with E-state index in [9.17, 15) is 23.1 Å². The fraction of sp³-hybridized carbons (Fsp3) is 0.524. The van der Waals surface area contributed by atoms with Gasteiger partial charge in [-0.1, -0.05) is 43.4 Å². The first-order valence-corrected chi connectivity index (χ1v) is 11.1. The van der Waals surface area contributed by atoms with Crippen molar-refractivity contribution in [1.29, 1.82) is 0 Å². The number of nitrogens with zero attached hydrogens (tertiary/aromatic N) is 1. The Bertz CT molecular complexity index is 829. The van der Waals surface area contributed by atoms with Crippen LogP contribution in [0.4, 0.5) is 18.3 Å². The van der Waals surface area contributed by atoms with Crippen LogP contribution in [0.2, 0.25) is 0 Å². The van der Waals surface area contributed by atoms with Crippen molar-refractivity contribution >= 4 is 22.4 Å². The van der Waals surface area contributed by atoms with Crippen LogP contribution in [0.3, 0.4) is 0 Å². The third-order valence-electron chi connectivity index (χ3n) is 5.22. The molecule has 9 heteroatoms. The summed E-state index contributed by atoms with van der Waals surface area (Å²) >= 11 is 1.37. The molecule has 1 aromatic heterocycles. The minimum Gasteiger partial charge on any atom is -0.492 e. The van der Waals surface area contributed by atoms with Crippen LogP contribution in [0.1, 0.15) is 65.7 Å². The number of hydrogen-bond acceptors (Lipinski definition) is 5. The highest BCUT2D eigenvalue weighted by atomic mass is 32.1. The molecule has 0 unspecified atom stereocenters. The second kappa shape index (κ2) is 10.1. The van der Waals surface area contributed by atoms with E-state index in [2.05, 4.69) is 15.6 Å². The van der Waals surface area contributed by atoms with E-state index in [1.54, 1.807) is 0 Å². The summed E-state index contributed by atoms with van der Waals surface area (Å²) in [4.78, 5) is 17.0. The summed E-state index contributed by atoms with van der Waals surface area (Å²) in [6.07, 6.45) is 4.35. The highest BCUT2D eigenvalue weighted by Gasteiger charge is 2.30. The number of anilines is 1. The van der Waals surface area contributed by atoms with E-state index in [4.69, 9.17) is 0 Å². The van der Waals surface area contributed by atoms with Crippen molar-refractivity contribution in [3.05, 3.63) is 40.3 Å². The van der Waals surface area contributed by atoms with Gasteiger partial charge in [-0.2, -0.15) is 18.2 Å². The molecule has 30 heavy (non-hydrogen) atoms. The number of hydrogen-bond donors (Lipinski definition) is 3. The summed E-state index contributed by atoms with van der Waals surface area (Å²) < 4.78 is 37.8. The Kier molecular flexibility index (Phi) is 7.58. The summed E-state index contributed by atoms with van der Waals surface area (Å²) in [6.45, 7) is 0.248. The van der Waals surface area contributed by atoms with Gasteiger partial charge in [0, 0.05) is 24.6 Å². The molecule has 3 rings (SSSR count). The molecular formula is C21H26F3N3O2S. The number of halogens is 3. The lowest BCUT2D eigenvalue weighted by molar-refractivity contribution is -0.137. The normalized spacial score (nSPS) is 16.0. The van der Waals surface area contributed by atoms with Crippen LogP contribution in [-0.4, -0.2) is 28.6 Å². The van der Waals surface area contributed by atoms with Crippen LogP contribution in [0.15, 0.2) is 24.3 Å². The molecule has 0 saturated heterocycles. The van der Waals surface area contributed by atoms with Gasteiger partial charge < -0.3 is 15.7 Å². The summed E-state index contributed by atoms with van der Waals surface area (Å²) in [5.41, 5.74) is -0.638. The predicted molar refractivity (Wildman–Crippen MR) is 111 cm³/mol. The number of thiazole rings is 1.